The van der Waals surface area contributed by atoms with Gasteiger partial charge in [0.05, 0.1) is 23.8 Å². The Kier molecular flexibility index (Phi) is 5.04. The first-order chi connectivity index (χ1) is 7.13. The zero-order chi connectivity index (χ0) is 11.3. The minimum Gasteiger partial charge on any atom is -0.394 e. The van der Waals surface area contributed by atoms with Gasteiger partial charge in [-0.15, -0.1) is 11.8 Å². The topological polar surface area (TPSA) is 73.6 Å². The Balaban J connectivity index is 2.50. The Morgan fingerprint density at radius 1 is 1.40 bits per heavy atom. The van der Waals surface area contributed by atoms with Crippen LogP contribution in [0.25, 0.3) is 0 Å². The van der Waals surface area contributed by atoms with Crippen LogP contribution >= 0.6 is 11.8 Å². The van der Waals surface area contributed by atoms with Gasteiger partial charge in [-0.05, 0) is 18.6 Å². The molecule has 0 amide bonds. The van der Waals surface area contributed by atoms with Crippen LogP contribution in [0.1, 0.15) is 18.6 Å². The minimum atomic E-state index is -0.715. The van der Waals surface area contributed by atoms with Crippen molar-refractivity contribution >= 4 is 11.8 Å². The van der Waals surface area contributed by atoms with Gasteiger partial charge in [-0.3, -0.25) is 0 Å². The van der Waals surface area contributed by atoms with Gasteiger partial charge in [0.25, 0.3) is 0 Å². The van der Waals surface area contributed by atoms with Crippen LogP contribution in [-0.2, 0) is 0 Å². The van der Waals surface area contributed by atoms with Crippen molar-refractivity contribution in [2.75, 3.05) is 12.4 Å². The number of aliphatic hydroxyl groups is 3. The number of nitrogens with zero attached hydrogens (tertiary/aromatic N) is 1. The summed E-state index contributed by atoms with van der Waals surface area (Å²) in [6.45, 7) is 1.44. The average Bonchev–Trinajstić information content (AvgIpc) is 2.26. The number of rotatable bonds is 5. The van der Waals surface area contributed by atoms with Gasteiger partial charge < -0.3 is 15.3 Å². The lowest BCUT2D eigenvalue weighted by Crippen LogP contribution is -2.14. The van der Waals surface area contributed by atoms with Crippen molar-refractivity contribution in [3.8, 4) is 0 Å². The molecule has 0 fully saturated rings. The summed E-state index contributed by atoms with van der Waals surface area (Å²) in [4.78, 5) is 4.12. The molecule has 1 unspecified atom stereocenters. The second-order valence-corrected chi connectivity index (χ2v) is 4.29. The number of aliphatic hydroxyl groups excluding tert-OH is 3. The molecular formula is C10H15NO3S. The zero-order valence-corrected chi connectivity index (χ0v) is 9.31. The fourth-order valence-electron chi connectivity index (χ4n) is 0.959. The predicted octanol–water partition coefficient (Wildman–Crippen LogP) is 0.580. The molecule has 1 aromatic heterocycles. The number of aromatic nitrogens is 1. The highest BCUT2D eigenvalue weighted by atomic mass is 32.2. The molecule has 4 nitrogen and oxygen atoms in total. The second-order valence-electron chi connectivity index (χ2n) is 3.25. The summed E-state index contributed by atoms with van der Waals surface area (Å²) in [6, 6.07) is 3.59. The van der Waals surface area contributed by atoms with Gasteiger partial charge in [0, 0.05) is 11.9 Å². The summed E-state index contributed by atoms with van der Waals surface area (Å²) in [5, 5.41) is 27.8. The average molecular weight is 229 g/mol. The van der Waals surface area contributed by atoms with E-state index in [1.54, 1.807) is 25.3 Å². The van der Waals surface area contributed by atoms with Crippen molar-refractivity contribution < 1.29 is 15.3 Å². The van der Waals surface area contributed by atoms with Gasteiger partial charge in [0.2, 0.25) is 0 Å². The van der Waals surface area contributed by atoms with E-state index in [0.717, 1.165) is 10.6 Å². The minimum absolute atomic E-state index is 0.237. The number of hydrogen-bond acceptors (Lipinski definition) is 5. The highest BCUT2D eigenvalue weighted by molar-refractivity contribution is 7.99. The van der Waals surface area contributed by atoms with Gasteiger partial charge in [0.1, 0.15) is 0 Å². The van der Waals surface area contributed by atoms with Crippen LogP contribution in [0, 0.1) is 0 Å². The number of pyridine rings is 1. The lowest BCUT2D eigenvalue weighted by Gasteiger charge is -2.07. The first-order valence-electron chi connectivity index (χ1n) is 4.69. The SMILES string of the molecule is C[C@H](O)c1ccc(SCC(O)CO)nc1. The molecule has 1 heterocycles. The van der Waals surface area contributed by atoms with Gasteiger partial charge in [-0.1, -0.05) is 6.07 Å². The quantitative estimate of drug-likeness (QED) is 0.644. The smallest absolute Gasteiger partial charge is 0.0960 e. The van der Waals surface area contributed by atoms with Crippen molar-refractivity contribution in [2.45, 2.75) is 24.2 Å². The number of hydrogen-bond donors (Lipinski definition) is 3. The molecule has 0 bridgehead atoms. The molecule has 5 heteroatoms. The molecule has 0 aliphatic heterocycles. The Morgan fingerprint density at radius 3 is 2.60 bits per heavy atom. The predicted molar refractivity (Wildman–Crippen MR) is 58.7 cm³/mol. The molecule has 0 radical (unpaired) electrons. The summed E-state index contributed by atoms with van der Waals surface area (Å²) in [7, 11) is 0. The van der Waals surface area contributed by atoms with E-state index in [2.05, 4.69) is 4.98 Å². The van der Waals surface area contributed by atoms with Crippen LogP contribution in [0.3, 0.4) is 0 Å². The van der Waals surface area contributed by atoms with Crippen LogP contribution in [0.15, 0.2) is 23.4 Å². The summed E-state index contributed by atoms with van der Waals surface area (Å²) in [6.07, 6.45) is 0.381. The largest absolute Gasteiger partial charge is 0.394 e. The van der Waals surface area contributed by atoms with Gasteiger partial charge >= 0.3 is 0 Å². The lowest BCUT2D eigenvalue weighted by atomic mass is 10.2. The van der Waals surface area contributed by atoms with E-state index in [1.807, 2.05) is 0 Å². The van der Waals surface area contributed by atoms with Crippen LogP contribution in [-0.4, -0.2) is 38.8 Å². The van der Waals surface area contributed by atoms with E-state index in [4.69, 9.17) is 10.2 Å². The third-order valence-electron chi connectivity index (χ3n) is 1.88. The second kappa shape index (κ2) is 6.07. The van der Waals surface area contributed by atoms with Crippen LogP contribution < -0.4 is 0 Å². The zero-order valence-electron chi connectivity index (χ0n) is 8.50. The van der Waals surface area contributed by atoms with Gasteiger partial charge in [-0.25, -0.2) is 4.98 Å². The Bertz CT molecular complexity index is 289. The van der Waals surface area contributed by atoms with Gasteiger partial charge in [-0.2, -0.15) is 0 Å². The molecule has 3 N–H and O–H groups in total. The molecular weight excluding hydrogens is 214 g/mol. The van der Waals surface area contributed by atoms with E-state index >= 15 is 0 Å². The Labute approximate surface area is 93.0 Å². The molecule has 0 saturated heterocycles. The van der Waals surface area contributed by atoms with Crippen molar-refractivity contribution in [1.82, 2.24) is 4.98 Å². The highest BCUT2D eigenvalue weighted by Crippen LogP contribution is 2.18. The molecule has 84 valence electrons. The molecule has 2 atom stereocenters. The number of thioether (sulfide) groups is 1. The molecule has 0 spiro atoms. The molecule has 0 aliphatic rings. The Hall–Kier alpha value is -0.620. The van der Waals surface area contributed by atoms with Crippen LogP contribution in [0.4, 0.5) is 0 Å². The lowest BCUT2D eigenvalue weighted by molar-refractivity contribution is 0.113. The summed E-state index contributed by atoms with van der Waals surface area (Å²) in [5.41, 5.74) is 0.766. The van der Waals surface area contributed by atoms with Crippen molar-refractivity contribution in [1.29, 1.82) is 0 Å². The van der Waals surface area contributed by atoms with Crippen LogP contribution in [0.2, 0.25) is 0 Å². The summed E-state index contributed by atoms with van der Waals surface area (Å²) < 4.78 is 0. The van der Waals surface area contributed by atoms with E-state index < -0.39 is 12.2 Å². The third-order valence-corrected chi connectivity index (χ3v) is 2.96. The molecule has 0 aromatic carbocycles. The van der Waals surface area contributed by atoms with Gasteiger partial charge in [0.15, 0.2) is 0 Å². The van der Waals surface area contributed by atoms with E-state index in [9.17, 15) is 5.11 Å². The Morgan fingerprint density at radius 2 is 2.13 bits per heavy atom. The molecule has 15 heavy (non-hydrogen) atoms. The maximum absolute atomic E-state index is 9.25. The van der Waals surface area contributed by atoms with E-state index in [-0.39, 0.29) is 6.61 Å². The fraction of sp³-hybridized carbons (Fsp3) is 0.500. The normalized spacial score (nSPS) is 14.9. The van der Waals surface area contributed by atoms with Crippen molar-refractivity contribution in [3.63, 3.8) is 0 Å². The van der Waals surface area contributed by atoms with E-state index in [1.165, 1.54) is 11.8 Å². The molecule has 0 aliphatic carbocycles. The molecule has 0 saturated carbocycles. The van der Waals surface area contributed by atoms with Crippen molar-refractivity contribution in [2.24, 2.45) is 0 Å². The fourth-order valence-corrected chi connectivity index (χ4v) is 1.72. The third kappa shape index (κ3) is 4.17. The molecule has 1 aromatic rings. The van der Waals surface area contributed by atoms with E-state index in [0.29, 0.717) is 5.75 Å². The maximum Gasteiger partial charge on any atom is 0.0960 e. The highest BCUT2D eigenvalue weighted by Gasteiger charge is 2.05. The first kappa shape index (κ1) is 12.4. The van der Waals surface area contributed by atoms with Crippen molar-refractivity contribution in [3.05, 3.63) is 23.9 Å². The standard InChI is InChI=1S/C10H15NO3S/c1-7(13)8-2-3-10(11-4-8)15-6-9(14)5-12/h2-4,7,9,12-14H,5-6H2,1H3/t7-,9?/m0/s1. The van der Waals surface area contributed by atoms with Crippen LogP contribution in [0.5, 0.6) is 0 Å². The monoisotopic (exact) mass is 229 g/mol. The first-order valence-corrected chi connectivity index (χ1v) is 5.67. The molecule has 1 rings (SSSR count). The summed E-state index contributed by atoms with van der Waals surface area (Å²) >= 11 is 1.37. The maximum atomic E-state index is 9.25. The summed E-state index contributed by atoms with van der Waals surface area (Å²) in [5.74, 6) is 0.414.